The van der Waals surface area contributed by atoms with Gasteiger partial charge in [0.1, 0.15) is 0 Å². The first kappa shape index (κ1) is 19.9. The minimum atomic E-state index is -0.305. The molecule has 0 saturated carbocycles. The summed E-state index contributed by atoms with van der Waals surface area (Å²) in [4.78, 5) is 32.1. The predicted octanol–water partition coefficient (Wildman–Crippen LogP) is 4.19. The van der Waals surface area contributed by atoms with Gasteiger partial charge >= 0.3 is 0 Å². The summed E-state index contributed by atoms with van der Waals surface area (Å²) >= 11 is 0. The van der Waals surface area contributed by atoms with Crippen molar-refractivity contribution in [3.8, 4) is 0 Å². The average Bonchev–Trinajstić information content (AvgIpc) is 3.38. The average molecular weight is 440 g/mol. The summed E-state index contributed by atoms with van der Waals surface area (Å²) in [6, 6.07) is 18.7. The zero-order chi connectivity index (χ0) is 22.5. The molecule has 6 rings (SSSR count). The van der Waals surface area contributed by atoms with Gasteiger partial charge in [-0.15, -0.1) is 5.10 Å². The summed E-state index contributed by atoms with van der Waals surface area (Å²) in [6.45, 7) is 2.07. The van der Waals surface area contributed by atoms with E-state index in [0.717, 1.165) is 17.5 Å². The Bertz CT molecular complexity index is 1220. The topological polar surface area (TPSA) is 80.1 Å². The van der Waals surface area contributed by atoms with Crippen LogP contribution in [0.2, 0.25) is 0 Å². The molecule has 166 valence electrons. The molecule has 2 aliphatic heterocycles. The fourth-order valence-electron chi connectivity index (χ4n) is 5.23. The molecule has 0 spiro atoms. The summed E-state index contributed by atoms with van der Waals surface area (Å²) in [5.41, 5.74) is 3.48. The van der Waals surface area contributed by atoms with Gasteiger partial charge in [-0.2, -0.15) is 4.98 Å². The highest BCUT2D eigenvalue weighted by molar-refractivity contribution is 6.21. The molecule has 1 N–H and O–H groups in total. The van der Waals surface area contributed by atoms with Crippen molar-refractivity contribution in [2.75, 3.05) is 10.2 Å². The molecule has 4 atom stereocenters. The van der Waals surface area contributed by atoms with Crippen LogP contribution >= 0.6 is 0 Å². The molecule has 3 heterocycles. The molecule has 0 radical (unpaired) electrons. The van der Waals surface area contributed by atoms with Crippen molar-refractivity contribution in [2.24, 2.45) is 11.8 Å². The second-order valence-electron chi connectivity index (χ2n) is 9.12. The Morgan fingerprint density at radius 2 is 1.55 bits per heavy atom. The maximum Gasteiger partial charge on any atom is 0.260 e. The summed E-state index contributed by atoms with van der Waals surface area (Å²) in [5, 5.41) is 8.20. The molecule has 3 aliphatic rings. The Morgan fingerprint density at radius 3 is 2.21 bits per heavy atom. The number of allylic oxidation sites excluding steroid dienone is 2. The Hall–Kier alpha value is -3.74. The molecular formula is C26H25N5O2. The highest BCUT2D eigenvalue weighted by atomic mass is 16.2. The Balaban J connectivity index is 1.41. The first-order valence-electron chi connectivity index (χ1n) is 11.5. The number of rotatable bonds is 3. The van der Waals surface area contributed by atoms with Crippen LogP contribution in [-0.2, 0) is 9.59 Å². The van der Waals surface area contributed by atoms with Gasteiger partial charge in [0.05, 0.1) is 23.9 Å². The smallest absolute Gasteiger partial charge is 0.260 e. The summed E-state index contributed by atoms with van der Waals surface area (Å²) in [6.07, 6.45) is 5.95. The number of carbonyl (C=O) groups is 2. The van der Waals surface area contributed by atoms with Crippen LogP contribution in [0.15, 0.2) is 66.7 Å². The van der Waals surface area contributed by atoms with E-state index < -0.39 is 0 Å². The number of amides is 2. The van der Waals surface area contributed by atoms with Crippen molar-refractivity contribution in [1.82, 2.24) is 14.8 Å². The van der Waals surface area contributed by atoms with Gasteiger partial charge in [0.25, 0.3) is 5.95 Å². The van der Waals surface area contributed by atoms with Gasteiger partial charge in [0.2, 0.25) is 17.8 Å². The summed E-state index contributed by atoms with van der Waals surface area (Å²) in [5.74, 6) is -0.244. The minimum absolute atomic E-state index is 0.0406. The lowest BCUT2D eigenvalue weighted by atomic mass is 9.85. The van der Waals surface area contributed by atoms with E-state index in [1.54, 1.807) is 0 Å². The number of nitrogens with zero attached hydrogens (tertiary/aromatic N) is 4. The number of anilines is 2. The molecule has 1 aromatic heterocycles. The van der Waals surface area contributed by atoms with E-state index in [1.807, 2.05) is 35.0 Å². The van der Waals surface area contributed by atoms with Gasteiger partial charge in [0, 0.05) is 0 Å². The van der Waals surface area contributed by atoms with Crippen molar-refractivity contribution in [3.63, 3.8) is 0 Å². The fraction of sp³-hybridized carbons (Fsp3) is 0.308. The van der Waals surface area contributed by atoms with Gasteiger partial charge in [-0.3, -0.25) is 9.59 Å². The number of carbonyl (C=O) groups excluding carboxylic acids is 2. The molecule has 1 fully saturated rings. The largest absolute Gasteiger partial charge is 0.347 e. The SMILES string of the molecule is Cc1ccc([C@@H]2C[C@H](c3ccccc3)Nc3nc(N4C(=O)[C@H]5CC=CC[C@@H]5C4=O)nn32)cc1. The van der Waals surface area contributed by atoms with E-state index in [1.165, 1.54) is 10.5 Å². The number of aromatic nitrogens is 3. The van der Waals surface area contributed by atoms with E-state index in [2.05, 4.69) is 53.6 Å². The molecule has 1 saturated heterocycles. The van der Waals surface area contributed by atoms with Gasteiger partial charge in [-0.1, -0.05) is 72.3 Å². The van der Waals surface area contributed by atoms with E-state index >= 15 is 0 Å². The van der Waals surface area contributed by atoms with Crippen LogP contribution in [-0.4, -0.2) is 26.6 Å². The number of nitrogens with one attached hydrogen (secondary N) is 1. The highest BCUT2D eigenvalue weighted by Gasteiger charge is 2.49. The maximum atomic E-state index is 13.1. The third kappa shape index (κ3) is 3.26. The molecular weight excluding hydrogens is 414 g/mol. The number of aryl methyl sites for hydroxylation is 1. The van der Waals surface area contributed by atoms with Gasteiger partial charge in [-0.05, 0) is 37.3 Å². The molecule has 7 nitrogen and oxygen atoms in total. The van der Waals surface area contributed by atoms with Crippen LogP contribution < -0.4 is 10.2 Å². The van der Waals surface area contributed by atoms with E-state index in [9.17, 15) is 9.59 Å². The molecule has 2 amide bonds. The standard InChI is InChI=1S/C26H25N5O2/c1-16-11-13-18(14-12-16)22-15-21(17-7-3-2-4-8-17)27-25-28-26(29-31(22)25)30-23(32)19-9-5-6-10-20(19)24(30)33/h2-8,11-14,19-22H,9-10,15H2,1H3,(H,27,28,29)/t19-,20-,21+,22-/m0/s1. The van der Waals surface area contributed by atoms with Gasteiger partial charge < -0.3 is 5.32 Å². The van der Waals surface area contributed by atoms with Crippen molar-refractivity contribution < 1.29 is 9.59 Å². The maximum absolute atomic E-state index is 13.1. The zero-order valence-electron chi connectivity index (χ0n) is 18.4. The summed E-state index contributed by atoms with van der Waals surface area (Å²) < 4.78 is 1.83. The van der Waals surface area contributed by atoms with Crippen molar-refractivity contribution in [3.05, 3.63) is 83.4 Å². The normalized spacial score (nSPS) is 26.2. The number of fused-ring (bicyclic) bond motifs is 2. The number of hydrogen-bond acceptors (Lipinski definition) is 5. The second-order valence-corrected chi connectivity index (χ2v) is 9.12. The molecule has 2 aromatic carbocycles. The van der Waals surface area contributed by atoms with Crippen molar-refractivity contribution in [2.45, 2.75) is 38.3 Å². The Labute approximate surface area is 192 Å². The van der Waals surface area contributed by atoms with Crippen molar-refractivity contribution in [1.29, 1.82) is 0 Å². The molecule has 0 unspecified atom stereocenters. The minimum Gasteiger partial charge on any atom is -0.347 e. The number of hydrogen-bond donors (Lipinski definition) is 1. The molecule has 33 heavy (non-hydrogen) atoms. The monoisotopic (exact) mass is 439 g/mol. The fourth-order valence-corrected chi connectivity index (χ4v) is 5.23. The lowest BCUT2D eigenvalue weighted by Gasteiger charge is -2.31. The molecule has 3 aromatic rings. The summed E-state index contributed by atoms with van der Waals surface area (Å²) in [7, 11) is 0. The first-order chi connectivity index (χ1) is 16.1. The van der Waals surface area contributed by atoms with Crippen LogP contribution in [0.1, 0.15) is 48.0 Å². The van der Waals surface area contributed by atoms with Crippen LogP contribution in [0.5, 0.6) is 0 Å². The van der Waals surface area contributed by atoms with E-state index in [0.29, 0.717) is 18.8 Å². The third-order valence-corrected chi connectivity index (χ3v) is 7.05. The molecule has 7 heteroatoms. The van der Waals surface area contributed by atoms with Crippen LogP contribution in [0, 0.1) is 18.8 Å². The van der Waals surface area contributed by atoms with Crippen LogP contribution in [0.25, 0.3) is 0 Å². The van der Waals surface area contributed by atoms with Gasteiger partial charge in [-0.25, -0.2) is 9.58 Å². The van der Waals surface area contributed by atoms with Gasteiger partial charge in [0.15, 0.2) is 0 Å². The lowest BCUT2D eigenvalue weighted by molar-refractivity contribution is -0.122. The third-order valence-electron chi connectivity index (χ3n) is 7.05. The predicted molar refractivity (Wildman–Crippen MR) is 125 cm³/mol. The highest BCUT2D eigenvalue weighted by Crippen LogP contribution is 2.41. The second kappa shape index (κ2) is 7.69. The van der Waals surface area contributed by atoms with Crippen LogP contribution in [0.4, 0.5) is 11.9 Å². The number of imide groups is 1. The van der Waals surface area contributed by atoms with Crippen LogP contribution in [0.3, 0.4) is 0 Å². The number of benzene rings is 2. The molecule has 1 aliphatic carbocycles. The zero-order valence-corrected chi connectivity index (χ0v) is 18.4. The molecule has 0 bridgehead atoms. The Kier molecular flexibility index (Phi) is 4.64. The van der Waals surface area contributed by atoms with E-state index in [-0.39, 0.29) is 41.7 Å². The quantitative estimate of drug-likeness (QED) is 0.489. The van der Waals surface area contributed by atoms with E-state index in [4.69, 9.17) is 5.10 Å². The van der Waals surface area contributed by atoms with Crippen molar-refractivity contribution >= 4 is 23.7 Å². The Morgan fingerprint density at radius 1 is 0.879 bits per heavy atom. The first-order valence-corrected chi connectivity index (χ1v) is 11.5. The lowest BCUT2D eigenvalue weighted by Crippen LogP contribution is -2.32.